The predicted molar refractivity (Wildman–Crippen MR) is 99.3 cm³/mol. The number of carbonyl (C=O) groups excluding carboxylic acids is 2. The van der Waals surface area contributed by atoms with Crippen LogP contribution in [0, 0.1) is 0 Å². The molecule has 6 nitrogen and oxygen atoms in total. The molecule has 0 fully saturated rings. The highest BCUT2D eigenvalue weighted by atomic mass is 35.5. The van der Waals surface area contributed by atoms with Crippen LogP contribution in [0.25, 0.3) is 0 Å². The van der Waals surface area contributed by atoms with E-state index < -0.39 is 18.5 Å². The van der Waals surface area contributed by atoms with Crippen LogP contribution in [0.3, 0.4) is 0 Å². The number of ether oxygens (including phenoxy) is 3. The number of carbonyl (C=O) groups is 2. The summed E-state index contributed by atoms with van der Waals surface area (Å²) < 4.78 is 15.3. The molecule has 0 unspecified atom stereocenters. The molecule has 2 rings (SSSR count). The molecular formula is C18H17Cl2NO5. The number of hydrogen-bond acceptors (Lipinski definition) is 5. The zero-order valence-electron chi connectivity index (χ0n) is 14.2. The quantitative estimate of drug-likeness (QED) is 0.720. The first kappa shape index (κ1) is 19.9. The van der Waals surface area contributed by atoms with Gasteiger partial charge in [0.2, 0.25) is 0 Å². The van der Waals surface area contributed by atoms with E-state index in [1.165, 1.54) is 26.4 Å². The number of benzene rings is 2. The first-order valence-corrected chi connectivity index (χ1v) is 8.29. The van der Waals surface area contributed by atoms with E-state index in [1.807, 2.05) is 0 Å². The number of hydrogen-bond donors (Lipinski definition) is 1. The molecule has 26 heavy (non-hydrogen) atoms. The highest BCUT2D eigenvalue weighted by Gasteiger charge is 2.12. The van der Waals surface area contributed by atoms with Gasteiger partial charge in [-0.3, -0.25) is 9.59 Å². The molecule has 1 N–H and O–H groups in total. The lowest BCUT2D eigenvalue weighted by atomic mass is 10.1. The van der Waals surface area contributed by atoms with Crippen LogP contribution in [0.5, 0.6) is 11.5 Å². The van der Waals surface area contributed by atoms with Crippen LogP contribution in [0.1, 0.15) is 5.56 Å². The summed E-state index contributed by atoms with van der Waals surface area (Å²) in [6.07, 6.45) is -0.00335. The molecule has 0 aliphatic carbocycles. The molecule has 0 aliphatic rings. The van der Waals surface area contributed by atoms with E-state index in [1.54, 1.807) is 24.3 Å². The SMILES string of the molecule is COc1ccc(CC(=O)OCC(=O)Nc2cc(Cl)cc(Cl)c2)cc1OC. The zero-order valence-corrected chi connectivity index (χ0v) is 15.7. The Morgan fingerprint density at radius 1 is 0.962 bits per heavy atom. The minimum absolute atomic E-state index is 0.00335. The van der Waals surface area contributed by atoms with E-state index in [4.69, 9.17) is 37.4 Å². The van der Waals surface area contributed by atoms with Crippen LogP contribution in [-0.4, -0.2) is 32.7 Å². The third kappa shape index (κ3) is 5.82. The third-order valence-corrected chi connectivity index (χ3v) is 3.74. The molecule has 2 aromatic rings. The monoisotopic (exact) mass is 397 g/mol. The van der Waals surface area contributed by atoms with Crippen LogP contribution in [0.15, 0.2) is 36.4 Å². The summed E-state index contributed by atoms with van der Waals surface area (Å²) in [4.78, 5) is 23.8. The van der Waals surface area contributed by atoms with Gasteiger partial charge in [0.05, 0.1) is 20.6 Å². The van der Waals surface area contributed by atoms with Gasteiger partial charge in [0.1, 0.15) is 0 Å². The van der Waals surface area contributed by atoms with Crippen LogP contribution in [-0.2, 0) is 20.7 Å². The number of rotatable bonds is 7. The minimum Gasteiger partial charge on any atom is -0.493 e. The fraction of sp³-hybridized carbons (Fsp3) is 0.222. The summed E-state index contributed by atoms with van der Waals surface area (Å²) in [6.45, 7) is -0.420. The van der Waals surface area contributed by atoms with Crippen molar-refractivity contribution in [3.63, 3.8) is 0 Å². The first-order valence-electron chi connectivity index (χ1n) is 7.53. The molecule has 0 saturated carbocycles. The second-order valence-corrected chi connectivity index (χ2v) is 6.11. The molecule has 0 spiro atoms. The van der Waals surface area contributed by atoms with Crippen LogP contribution >= 0.6 is 23.2 Å². The van der Waals surface area contributed by atoms with E-state index in [-0.39, 0.29) is 6.42 Å². The van der Waals surface area contributed by atoms with E-state index in [0.717, 1.165) is 0 Å². The summed E-state index contributed by atoms with van der Waals surface area (Å²) in [7, 11) is 3.03. The Morgan fingerprint density at radius 2 is 1.62 bits per heavy atom. The van der Waals surface area contributed by atoms with Gasteiger partial charge in [-0.2, -0.15) is 0 Å². The summed E-state index contributed by atoms with van der Waals surface area (Å²) in [5.41, 5.74) is 1.10. The fourth-order valence-electron chi connectivity index (χ4n) is 2.18. The molecule has 0 radical (unpaired) electrons. The summed E-state index contributed by atoms with van der Waals surface area (Å²) in [5.74, 6) is 0.0260. The largest absolute Gasteiger partial charge is 0.493 e. The number of amides is 1. The van der Waals surface area contributed by atoms with Gasteiger partial charge in [0, 0.05) is 15.7 Å². The molecule has 138 valence electrons. The average Bonchev–Trinajstić information content (AvgIpc) is 2.59. The van der Waals surface area contributed by atoms with E-state index in [0.29, 0.717) is 32.8 Å². The van der Waals surface area contributed by atoms with Crippen LogP contribution in [0.4, 0.5) is 5.69 Å². The Kier molecular flexibility index (Phi) is 7.12. The molecule has 8 heteroatoms. The molecule has 0 aliphatic heterocycles. The first-order chi connectivity index (χ1) is 12.4. The van der Waals surface area contributed by atoms with E-state index >= 15 is 0 Å². The maximum absolute atomic E-state index is 11.9. The van der Waals surface area contributed by atoms with E-state index in [2.05, 4.69) is 5.32 Å². The van der Waals surface area contributed by atoms with Crippen LogP contribution < -0.4 is 14.8 Å². The normalized spacial score (nSPS) is 10.2. The Balaban J connectivity index is 1.87. The Morgan fingerprint density at radius 3 is 2.23 bits per heavy atom. The molecule has 1 amide bonds. The van der Waals surface area contributed by atoms with Crippen molar-refractivity contribution >= 4 is 40.8 Å². The van der Waals surface area contributed by atoms with Crippen molar-refractivity contribution in [2.75, 3.05) is 26.1 Å². The topological polar surface area (TPSA) is 73.9 Å². The van der Waals surface area contributed by atoms with Gasteiger partial charge in [0.25, 0.3) is 5.91 Å². The van der Waals surface area contributed by atoms with Crippen molar-refractivity contribution in [2.45, 2.75) is 6.42 Å². The van der Waals surface area contributed by atoms with Gasteiger partial charge in [0.15, 0.2) is 18.1 Å². The third-order valence-electron chi connectivity index (χ3n) is 3.31. The van der Waals surface area contributed by atoms with Crippen molar-refractivity contribution in [1.29, 1.82) is 0 Å². The lowest BCUT2D eigenvalue weighted by molar-refractivity contribution is -0.146. The Hall–Kier alpha value is -2.44. The second-order valence-electron chi connectivity index (χ2n) is 5.23. The summed E-state index contributed by atoms with van der Waals surface area (Å²) in [6, 6.07) is 9.71. The average molecular weight is 398 g/mol. The van der Waals surface area contributed by atoms with Crippen molar-refractivity contribution in [3.8, 4) is 11.5 Å². The number of nitrogens with one attached hydrogen (secondary N) is 1. The van der Waals surface area contributed by atoms with Gasteiger partial charge >= 0.3 is 5.97 Å². The summed E-state index contributed by atoms with van der Waals surface area (Å²) in [5, 5.41) is 3.33. The molecule has 2 aromatic carbocycles. The number of halogens is 2. The Labute approximate surface area is 160 Å². The van der Waals surface area contributed by atoms with Crippen LogP contribution in [0.2, 0.25) is 10.0 Å². The zero-order chi connectivity index (χ0) is 19.1. The predicted octanol–water partition coefficient (Wildman–Crippen LogP) is 3.74. The standard InChI is InChI=1S/C18H17Cl2NO5/c1-24-15-4-3-11(5-16(15)25-2)6-18(23)26-10-17(22)21-14-8-12(19)7-13(20)9-14/h3-5,7-9H,6,10H2,1-2H3,(H,21,22). The lowest BCUT2D eigenvalue weighted by Gasteiger charge is -2.10. The van der Waals surface area contributed by atoms with Gasteiger partial charge in [-0.15, -0.1) is 0 Å². The van der Waals surface area contributed by atoms with Gasteiger partial charge in [-0.25, -0.2) is 0 Å². The van der Waals surface area contributed by atoms with E-state index in [9.17, 15) is 9.59 Å². The van der Waals surface area contributed by atoms with Crippen molar-refractivity contribution in [3.05, 3.63) is 52.0 Å². The van der Waals surface area contributed by atoms with Crippen molar-refractivity contribution in [2.24, 2.45) is 0 Å². The molecule has 0 heterocycles. The Bertz CT molecular complexity index is 790. The molecule has 0 saturated heterocycles. The number of methoxy groups -OCH3 is 2. The second kappa shape index (κ2) is 9.31. The van der Waals surface area contributed by atoms with Crippen molar-refractivity contribution in [1.82, 2.24) is 0 Å². The highest BCUT2D eigenvalue weighted by Crippen LogP contribution is 2.27. The van der Waals surface area contributed by atoms with Gasteiger partial charge in [-0.1, -0.05) is 29.3 Å². The highest BCUT2D eigenvalue weighted by molar-refractivity contribution is 6.35. The molecule has 0 atom stereocenters. The lowest BCUT2D eigenvalue weighted by Crippen LogP contribution is -2.21. The van der Waals surface area contributed by atoms with Gasteiger partial charge < -0.3 is 19.5 Å². The molecular weight excluding hydrogens is 381 g/mol. The maximum atomic E-state index is 11.9. The van der Waals surface area contributed by atoms with Gasteiger partial charge in [-0.05, 0) is 35.9 Å². The smallest absolute Gasteiger partial charge is 0.310 e. The summed E-state index contributed by atoms with van der Waals surface area (Å²) >= 11 is 11.7. The van der Waals surface area contributed by atoms with Crippen molar-refractivity contribution < 1.29 is 23.8 Å². The number of esters is 1. The minimum atomic E-state index is -0.545. The molecule has 0 aromatic heterocycles. The fourth-order valence-corrected chi connectivity index (χ4v) is 2.70. The maximum Gasteiger partial charge on any atom is 0.310 e. The number of anilines is 1. The molecule has 0 bridgehead atoms.